The number of piperidine rings is 1. The van der Waals surface area contributed by atoms with Crippen LogP contribution in [0.2, 0.25) is 0 Å². The summed E-state index contributed by atoms with van der Waals surface area (Å²) in [5.74, 6) is -0.736. The van der Waals surface area contributed by atoms with Gasteiger partial charge in [-0.2, -0.15) is 0 Å². The van der Waals surface area contributed by atoms with E-state index in [-0.39, 0.29) is 5.92 Å². The van der Waals surface area contributed by atoms with Gasteiger partial charge in [-0.1, -0.05) is 0 Å². The molecule has 0 saturated carbocycles. The molecule has 0 aromatic rings. The molecule has 2 aliphatic rings. The van der Waals surface area contributed by atoms with Crippen LogP contribution in [0.15, 0.2) is 0 Å². The normalized spacial score (nSPS) is 37.8. The van der Waals surface area contributed by atoms with Crippen molar-refractivity contribution in [2.75, 3.05) is 26.7 Å². The average molecular weight is 226 g/mol. The number of carboxylic acid groups (broad SMARTS) is 1. The summed E-state index contributed by atoms with van der Waals surface area (Å²) in [6.45, 7) is 5.45. The molecule has 2 heterocycles. The number of nitrogens with zero attached hydrogens (tertiary/aromatic N) is 2. The molecule has 3 atom stereocenters. The Bertz CT molecular complexity index is 270. The minimum absolute atomic E-state index is 0.120. The van der Waals surface area contributed by atoms with E-state index in [4.69, 9.17) is 5.11 Å². The molecule has 0 radical (unpaired) electrons. The first-order valence-corrected chi connectivity index (χ1v) is 6.25. The second-order valence-electron chi connectivity index (χ2n) is 5.35. The Morgan fingerprint density at radius 1 is 1.31 bits per heavy atom. The smallest absolute Gasteiger partial charge is 0.306 e. The highest BCUT2D eigenvalue weighted by atomic mass is 16.4. The van der Waals surface area contributed by atoms with Gasteiger partial charge in [0, 0.05) is 18.6 Å². The molecule has 2 aliphatic heterocycles. The quantitative estimate of drug-likeness (QED) is 0.759. The highest BCUT2D eigenvalue weighted by molar-refractivity contribution is 5.70. The van der Waals surface area contributed by atoms with Crippen LogP contribution >= 0.6 is 0 Å². The summed E-state index contributed by atoms with van der Waals surface area (Å²) in [5.41, 5.74) is 0. The van der Waals surface area contributed by atoms with Crippen molar-refractivity contribution in [3.63, 3.8) is 0 Å². The number of carboxylic acids is 1. The molecule has 0 aromatic carbocycles. The van der Waals surface area contributed by atoms with Crippen molar-refractivity contribution in [3.8, 4) is 0 Å². The van der Waals surface area contributed by atoms with Gasteiger partial charge >= 0.3 is 5.97 Å². The first-order valence-electron chi connectivity index (χ1n) is 6.25. The monoisotopic (exact) mass is 226 g/mol. The molecule has 2 rings (SSSR count). The van der Waals surface area contributed by atoms with E-state index in [1.165, 1.54) is 13.0 Å². The van der Waals surface area contributed by atoms with Crippen LogP contribution in [-0.4, -0.2) is 59.6 Å². The fourth-order valence-electron chi connectivity index (χ4n) is 3.14. The number of likely N-dealkylation sites (N-methyl/N-ethyl adjacent to an activating group) is 1. The first-order chi connectivity index (χ1) is 7.58. The van der Waals surface area contributed by atoms with Gasteiger partial charge in [-0.15, -0.1) is 0 Å². The maximum atomic E-state index is 11.0. The summed E-state index contributed by atoms with van der Waals surface area (Å²) in [4.78, 5) is 15.8. The highest BCUT2D eigenvalue weighted by Gasteiger charge is 2.35. The van der Waals surface area contributed by atoms with Gasteiger partial charge in [0.05, 0.1) is 5.92 Å². The zero-order valence-electron chi connectivity index (χ0n) is 10.2. The Morgan fingerprint density at radius 3 is 2.56 bits per heavy atom. The van der Waals surface area contributed by atoms with Crippen LogP contribution in [0.25, 0.3) is 0 Å². The van der Waals surface area contributed by atoms with Crippen molar-refractivity contribution in [1.29, 1.82) is 0 Å². The lowest BCUT2D eigenvalue weighted by molar-refractivity contribution is -0.144. The molecule has 2 fully saturated rings. The van der Waals surface area contributed by atoms with Crippen LogP contribution in [0, 0.1) is 5.92 Å². The minimum Gasteiger partial charge on any atom is -0.481 e. The third kappa shape index (κ3) is 2.38. The third-order valence-corrected chi connectivity index (χ3v) is 4.11. The molecule has 2 saturated heterocycles. The second-order valence-corrected chi connectivity index (χ2v) is 5.35. The summed E-state index contributed by atoms with van der Waals surface area (Å²) in [6.07, 6.45) is 2.87. The van der Waals surface area contributed by atoms with Gasteiger partial charge in [0.15, 0.2) is 0 Å². The molecule has 0 aromatic heterocycles. The van der Waals surface area contributed by atoms with E-state index in [9.17, 15) is 4.79 Å². The summed E-state index contributed by atoms with van der Waals surface area (Å²) >= 11 is 0. The van der Waals surface area contributed by atoms with E-state index in [1.807, 2.05) is 0 Å². The largest absolute Gasteiger partial charge is 0.481 e. The average Bonchev–Trinajstić information content (AvgIpc) is 2.64. The zero-order valence-corrected chi connectivity index (χ0v) is 10.2. The molecular formula is C12H22N2O2. The lowest BCUT2D eigenvalue weighted by Gasteiger charge is -2.40. The third-order valence-electron chi connectivity index (χ3n) is 4.11. The number of hydrogen-bond acceptors (Lipinski definition) is 3. The van der Waals surface area contributed by atoms with Gasteiger partial charge in [0.2, 0.25) is 0 Å². The van der Waals surface area contributed by atoms with Crippen molar-refractivity contribution in [3.05, 3.63) is 0 Å². The molecule has 0 bridgehead atoms. The standard InChI is InChI=1S/C12H22N2O2/c1-9-7-10(12(15)16)3-6-14(9)11-4-5-13(2)8-11/h9-11H,3-8H2,1-2H3,(H,15,16). The molecule has 3 unspecified atom stereocenters. The number of carbonyl (C=O) groups is 1. The Kier molecular flexibility index (Phi) is 3.50. The molecule has 0 aliphatic carbocycles. The highest BCUT2D eigenvalue weighted by Crippen LogP contribution is 2.27. The summed E-state index contributed by atoms with van der Waals surface area (Å²) in [5, 5.41) is 9.02. The van der Waals surface area contributed by atoms with Gasteiger partial charge in [0.1, 0.15) is 0 Å². The summed E-state index contributed by atoms with van der Waals surface area (Å²) < 4.78 is 0. The first kappa shape index (κ1) is 11.9. The topological polar surface area (TPSA) is 43.8 Å². The molecular weight excluding hydrogens is 204 g/mol. The van der Waals surface area contributed by atoms with E-state index in [2.05, 4.69) is 23.8 Å². The SMILES string of the molecule is CC1CC(C(=O)O)CCN1C1CCN(C)C1. The lowest BCUT2D eigenvalue weighted by Crippen LogP contribution is -2.49. The summed E-state index contributed by atoms with van der Waals surface area (Å²) in [6, 6.07) is 1.07. The van der Waals surface area contributed by atoms with Crippen LogP contribution in [0.5, 0.6) is 0 Å². The second kappa shape index (κ2) is 4.72. The Morgan fingerprint density at radius 2 is 2.06 bits per heavy atom. The van der Waals surface area contributed by atoms with Crippen LogP contribution in [0.4, 0.5) is 0 Å². The Labute approximate surface area is 97.2 Å². The van der Waals surface area contributed by atoms with E-state index in [0.717, 1.165) is 25.9 Å². The zero-order chi connectivity index (χ0) is 11.7. The Hall–Kier alpha value is -0.610. The maximum absolute atomic E-state index is 11.0. The predicted molar refractivity (Wildman–Crippen MR) is 62.4 cm³/mol. The molecule has 4 nitrogen and oxygen atoms in total. The molecule has 1 N–H and O–H groups in total. The molecule has 0 amide bonds. The molecule has 92 valence electrons. The van der Waals surface area contributed by atoms with Crippen LogP contribution < -0.4 is 0 Å². The van der Waals surface area contributed by atoms with Gasteiger partial charge in [-0.25, -0.2) is 0 Å². The molecule has 4 heteroatoms. The van der Waals surface area contributed by atoms with Crippen LogP contribution in [0.1, 0.15) is 26.2 Å². The van der Waals surface area contributed by atoms with Crippen molar-refractivity contribution in [1.82, 2.24) is 9.80 Å². The number of likely N-dealkylation sites (tertiary alicyclic amines) is 2. The fraction of sp³-hybridized carbons (Fsp3) is 0.917. The van der Waals surface area contributed by atoms with Crippen molar-refractivity contribution < 1.29 is 9.90 Å². The van der Waals surface area contributed by atoms with Gasteiger partial charge in [0.25, 0.3) is 0 Å². The lowest BCUT2D eigenvalue weighted by atomic mass is 9.90. The van der Waals surface area contributed by atoms with E-state index in [0.29, 0.717) is 12.1 Å². The van der Waals surface area contributed by atoms with Crippen LogP contribution in [0.3, 0.4) is 0 Å². The van der Waals surface area contributed by atoms with Gasteiger partial charge in [-0.3, -0.25) is 9.69 Å². The summed E-state index contributed by atoms with van der Waals surface area (Å²) in [7, 11) is 2.16. The minimum atomic E-state index is -0.616. The maximum Gasteiger partial charge on any atom is 0.306 e. The van der Waals surface area contributed by atoms with E-state index in [1.54, 1.807) is 0 Å². The number of hydrogen-bond donors (Lipinski definition) is 1. The fourth-order valence-corrected chi connectivity index (χ4v) is 3.14. The molecule has 0 spiro atoms. The Balaban J connectivity index is 1.91. The van der Waals surface area contributed by atoms with Gasteiger partial charge < -0.3 is 10.0 Å². The van der Waals surface area contributed by atoms with E-state index >= 15 is 0 Å². The number of rotatable bonds is 2. The number of aliphatic carboxylic acids is 1. The van der Waals surface area contributed by atoms with Gasteiger partial charge in [-0.05, 0) is 46.3 Å². The molecule has 16 heavy (non-hydrogen) atoms. The van der Waals surface area contributed by atoms with Crippen LogP contribution in [-0.2, 0) is 4.79 Å². The van der Waals surface area contributed by atoms with E-state index < -0.39 is 5.97 Å². The van der Waals surface area contributed by atoms with Crippen molar-refractivity contribution in [2.45, 2.75) is 38.3 Å². The predicted octanol–water partition coefficient (Wildman–Crippen LogP) is 0.876. The van der Waals surface area contributed by atoms with Crippen molar-refractivity contribution >= 4 is 5.97 Å². The van der Waals surface area contributed by atoms with Crippen molar-refractivity contribution in [2.24, 2.45) is 5.92 Å².